The molecule has 2 heterocycles. The van der Waals surface area contributed by atoms with Gasteiger partial charge in [-0.15, -0.1) is 0 Å². The molecular weight excluding hydrogens is 302 g/mol. The van der Waals surface area contributed by atoms with Crippen LogP contribution in [0, 0.1) is 11.3 Å². The van der Waals surface area contributed by atoms with Crippen molar-refractivity contribution in [2.24, 2.45) is 11.3 Å². The first-order valence-electron chi connectivity index (χ1n) is 8.93. The first-order chi connectivity index (χ1) is 11.6. The maximum Gasteiger partial charge on any atom is 0.181 e. The predicted molar refractivity (Wildman–Crippen MR) is 88.5 cm³/mol. The summed E-state index contributed by atoms with van der Waals surface area (Å²) in [7, 11) is 3.93. The fourth-order valence-electron chi connectivity index (χ4n) is 6.66. The van der Waals surface area contributed by atoms with Crippen molar-refractivity contribution < 1.29 is 14.3 Å². The molecule has 0 radical (unpaired) electrons. The molecule has 5 aliphatic rings. The molecule has 2 fully saturated rings. The van der Waals surface area contributed by atoms with E-state index in [0.717, 1.165) is 37.3 Å². The summed E-state index contributed by atoms with van der Waals surface area (Å²) in [6, 6.07) is 4.66. The minimum atomic E-state index is -0.340. The highest BCUT2D eigenvalue weighted by molar-refractivity contribution is 5.94. The number of allylic oxidation sites excluding steroid dienone is 1. The number of carbonyl (C=O) groups excluding carboxylic acids is 1. The Labute approximate surface area is 141 Å². The minimum absolute atomic E-state index is 0.0268. The smallest absolute Gasteiger partial charge is 0.181 e. The lowest BCUT2D eigenvalue weighted by molar-refractivity contribution is -0.148. The summed E-state index contributed by atoms with van der Waals surface area (Å²) in [6.45, 7) is 1.02. The Morgan fingerprint density at radius 1 is 1.38 bits per heavy atom. The number of ketones is 1. The lowest BCUT2D eigenvalue weighted by atomic mass is 9.44. The van der Waals surface area contributed by atoms with Crippen LogP contribution in [-0.4, -0.2) is 43.5 Å². The van der Waals surface area contributed by atoms with Gasteiger partial charge in [-0.25, -0.2) is 0 Å². The van der Waals surface area contributed by atoms with Crippen molar-refractivity contribution in [3.63, 3.8) is 0 Å². The molecule has 4 heteroatoms. The topological polar surface area (TPSA) is 38.8 Å². The molecule has 1 aromatic rings. The Kier molecular flexibility index (Phi) is 2.18. The summed E-state index contributed by atoms with van der Waals surface area (Å²) in [5.74, 6) is 1.92. The first kappa shape index (κ1) is 13.5. The molecule has 124 valence electrons. The van der Waals surface area contributed by atoms with Crippen LogP contribution in [0.5, 0.6) is 11.5 Å². The van der Waals surface area contributed by atoms with Gasteiger partial charge < -0.3 is 14.4 Å². The van der Waals surface area contributed by atoms with Gasteiger partial charge in [0.2, 0.25) is 0 Å². The number of likely N-dealkylation sites (N-methyl/N-ethyl adjacent to an activating group) is 1. The number of nitrogens with zero attached hydrogens (tertiary/aromatic N) is 1. The van der Waals surface area contributed by atoms with E-state index in [4.69, 9.17) is 9.47 Å². The van der Waals surface area contributed by atoms with E-state index in [1.54, 1.807) is 7.11 Å². The Hall–Kier alpha value is -1.81. The van der Waals surface area contributed by atoms with Crippen molar-refractivity contribution in [3.05, 3.63) is 35.4 Å². The number of likely N-dealkylation sites (tertiary alicyclic amines) is 1. The van der Waals surface area contributed by atoms with Crippen molar-refractivity contribution in [1.82, 2.24) is 4.90 Å². The molecule has 0 unspecified atom stereocenters. The predicted octanol–water partition coefficient (Wildman–Crippen LogP) is 2.10. The molecule has 24 heavy (non-hydrogen) atoms. The van der Waals surface area contributed by atoms with Crippen LogP contribution >= 0.6 is 0 Å². The second-order valence-electron chi connectivity index (χ2n) is 8.16. The Bertz CT molecular complexity index is 830. The van der Waals surface area contributed by atoms with Crippen LogP contribution in [0.2, 0.25) is 0 Å². The molecular formula is C20H21NO3. The van der Waals surface area contributed by atoms with E-state index in [1.807, 2.05) is 6.07 Å². The van der Waals surface area contributed by atoms with Crippen LogP contribution in [0.25, 0.3) is 0 Å². The molecule has 0 N–H and O–H groups in total. The number of methoxy groups -OCH3 is 1. The molecule has 3 aliphatic carbocycles. The summed E-state index contributed by atoms with van der Waals surface area (Å²) in [4.78, 5) is 15.7. The van der Waals surface area contributed by atoms with Gasteiger partial charge in [-0.1, -0.05) is 18.2 Å². The van der Waals surface area contributed by atoms with Gasteiger partial charge in [-0.05, 0) is 44.5 Å². The average Bonchev–Trinajstić information content (AvgIpc) is 3.14. The molecule has 1 saturated heterocycles. The van der Waals surface area contributed by atoms with Gasteiger partial charge in [0.25, 0.3) is 0 Å². The van der Waals surface area contributed by atoms with E-state index in [0.29, 0.717) is 6.04 Å². The summed E-state index contributed by atoms with van der Waals surface area (Å²) in [6.07, 6.45) is 7.19. The lowest BCUT2D eigenvalue weighted by Gasteiger charge is -2.63. The Morgan fingerprint density at radius 3 is 3.08 bits per heavy atom. The number of piperidine rings is 1. The fourth-order valence-corrected chi connectivity index (χ4v) is 6.66. The van der Waals surface area contributed by atoms with Crippen LogP contribution in [0.3, 0.4) is 0 Å². The number of hydrogen-bond acceptors (Lipinski definition) is 4. The highest BCUT2D eigenvalue weighted by Crippen LogP contribution is 2.71. The third-order valence-electron chi connectivity index (χ3n) is 7.59. The molecule has 4 nitrogen and oxygen atoms in total. The molecule has 1 saturated carbocycles. The van der Waals surface area contributed by atoms with E-state index in [9.17, 15) is 4.79 Å². The zero-order valence-electron chi connectivity index (χ0n) is 14.0. The van der Waals surface area contributed by atoms with Crippen LogP contribution in [0.1, 0.15) is 24.0 Å². The van der Waals surface area contributed by atoms with Crippen molar-refractivity contribution in [2.75, 3.05) is 20.7 Å². The van der Waals surface area contributed by atoms with Gasteiger partial charge >= 0.3 is 0 Å². The van der Waals surface area contributed by atoms with E-state index >= 15 is 0 Å². The van der Waals surface area contributed by atoms with Crippen LogP contribution in [-0.2, 0) is 16.6 Å². The zero-order valence-corrected chi connectivity index (χ0v) is 14.0. The first-order valence-corrected chi connectivity index (χ1v) is 8.93. The zero-order chi connectivity index (χ0) is 16.3. The number of rotatable bonds is 1. The molecule has 0 aromatic heterocycles. The maximum absolute atomic E-state index is 13.2. The summed E-state index contributed by atoms with van der Waals surface area (Å²) >= 11 is 0. The second kappa shape index (κ2) is 3.88. The standard InChI is InChI=1S/C20H21NO3/c1-21-8-7-20-15-11-3-4-13(23-2)17(15)24-18(20)16(22)12-5-6-19(20,10-12)14(21)9-11/h3-6,12,14,18H,7-10H2,1-2H3/t12-,14+,18-,19+,20-/m0/s1. The van der Waals surface area contributed by atoms with E-state index in [1.165, 1.54) is 11.1 Å². The van der Waals surface area contributed by atoms with Crippen molar-refractivity contribution in [2.45, 2.75) is 36.8 Å². The highest BCUT2D eigenvalue weighted by atomic mass is 16.5. The third-order valence-corrected chi connectivity index (χ3v) is 7.59. The van der Waals surface area contributed by atoms with Gasteiger partial charge in [0.1, 0.15) is 0 Å². The largest absolute Gasteiger partial charge is 0.493 e. The molecule has 4 bridgehead atoms. The van der Waals surface area contributed by atoms with Gasteiger partial charge in [0.15, 0.2) is 23.4 Å². The third kappa shape index (κ3) is 1.13. The van der Waals surface area contributed by atoms with Crippen molar-refractivity contribution in [1.29, 1.82) is 0 Å². The molecule has 5 atom stereocenters. The van der Waals surface area contributed by atoms with Crippen LogP contribution < -0.4 is 9.47 Å². The van der Waals surface area contributed by atoms with Gasteiger partial charge in [0, 0.05) is 22.9 Å². The summed E-state index contributed by atoms with van der Waals surface area (Å²) < 4.78 is 12.0. The Balaban J connectivity index is 1.74. The number of fused-ring (bicyclic) bond motifs is 1. The molecule has 1 aromatic carbocycles. The lowest BCUT2D eigenvalue weighted by Crippen LogP contribution is -2.71. The second-order valence-corrected chi connectivity index (χ2v) is 8.16. The van der Waals surface area contributed by atoms with Gasteiger partial charge in [-0.3, -0.25) is 4.79 Å². The number of carbonyl (C=O) groups is 1. The normalized spacial score (nSPS) is 43.6. The van der Waals surface area contributed by atoms with E-state index < -0.39 is 0 Å². The molecule has 6 rings (SSSR count). The Morgan fingerprint density at radius 2 is 2.25 bits per heavy atom. The fraction of sp³-hybridized carbons (Fsp3) is 0.550. The van der Waals surface area contributed by atoms with Crippen molar-refractivity contribution >= 4 is 5.78 Å². The number of Topliss-reactive ketones (excluding diaryl/α,β-unsaturated/α-hetero) is 1. The van der Waals surface area contributed by atoms with Gasteiger partial charge in [-0.2, -0.15) is 0 Å². The summed E-state index contributed by atoms with van der Waals surface area (Å²) in [5.41, 5.74) is 2.48. The van der Waals surface area contributed by atoms with Gasteiger partial charge in [0.05, 0.1) is 12.5 Å². The monoisotopic (exact) mass is 323 g/mol. The molecule has 2 aliphatic heterocycles. The van der Waals surface area contributed by atoms with Crippen LogP contribution in [0.15, 0.2) is 24.3 Å². The highest BCUT2D eigenvalue weighted by Gasteiger charge is 2.74. The average molecular weight is 323 g/mol. The maximum atomic E-state index is 13.2. The minimum Gasteiger partial charge on any atom is -0.493 e. The van der Waals surface area contributed by atoms with E-state index in [2.05, 4.69) is 30.2 Å². The number of benzene rings is 1. The van der Waals surface area contributed by atoms with E-state index in [-0.39, 0.29) is 28.6 Å². The van der Waals surface area contributed by atoms with Crippen LogP contribution in [0.4, 0.5) is 0 Å². The van der Waals surface area contributed by atoms with Crippen molar-refractivity contribution in [3.8, 4) is 11.5 Å². The quantitative estimate of drug-likeness (QED) is 0.742. The number of ether oxygens (including phenoxy) is 2. The molecule has 0 amide bonds. The molecule has 2 spiro atoms. The summed E-state index contributed by atoms with van der Waals surface area (Å²) in [5, 5.41) is 0. The number of hydrogen-bond donors (Lipinski definition) is 0. The SMILES string of the molecule is COc1ccc2c3c1O[C@H]1C(=O)[C@H]4C=C[C@@]5(C4)[C@@H](C2)N(C)CC[C@]315.